The van der Waals surface area contributed by atoms with Crippen molar-refractivity contribution in [2.45, 2.75) is 33.2 Å². The molecule has 0 aliphatic heterocycles. The SMILES string of the molecule is CC[C@@H](C)NC(=O)c1cc(-c2ccc(C)o2)nn1-c1ccccc1Cl. The number of nitrogens with zero attached hydrogens (tertiary/aromatic N) is 2. The number of benzene rings is 1. The minimum absolute atomic E-state index is 0.0661. The van der Waals surface area contributed by atoms with E-state index in [1.165, 1.54) is 0 Å². The van der Waals surface area contributed by atoms with Gasteiger partial charge >= 0.3 is 0 Å². The van der Waals surface area contributed by atoms with Gasteiger partial charge in [-0.2, -0.15) is 5.10 Å². The fourth-order valence-corrected chi connectivity index (χ4v) is 2.66. The van der Waals surface area contributed by atoms with Crippen LogP contribution in [0.1, 0.15) is 36.5 Å². The molecule has 1 atom stereocenters. The van der Waals surface area contributed by atoms with Crippen LogP contribution in [0.3, 0.4) is 0 Å². The van der Waals surface area contributed by atoms with Gasteiger partial charge in [0.15, 0.2) is 5.76 Å². The normalized spacial score (nSPS) is 12.2. The first-order chi connectivity index (χ1) is 12.0. The van der Waals surface area contributed by atoms with Crippen LogP contribution in [-0.4, -0.2) is 21.7 Å². The van der Waals surface area contributed by atoms with Gasteiger partial charge in [-0.3, -0.25) is 4.79 Å². The Hall–Kier alpha value is -2.53. The van der Waals surface area contributed by atoms with Gasteiger partial charge in [0.25, 0.3) is 5.91 Å². The molecule has 0 spiro atoms. The summed E-state index contributed by atoms with van der Waals surface area (Å²) in [6, 6.07) is 12.8. The summed E-state index contributed by atoms with van der Waals surface area (Å²) in [5.74, 6) is 1.20. The number of furan rings is 1. The van der Waals surface area contributed by atoms with Gasteiger partial charge < -0.3 is 9.73 Å². The van der Waals surface area contributed by atoms with E-state index in [2.05, 4.69) is 10.4 Å². The number of para-hydroxylation sites is 1. The van der Waals surface area contributed by atoms with Gasteiger partial charge in [-0.25, -0.2) is 4.68 Å². The summed E-state index contributed by atoms with van der Waals surface area (Å²) < 4.78 is 7.21. The predicted octanol–water partition coefficient (Wildman–Crippen LogP) is 4.62. The highest BCUT2D eigenvalue weighted by Crippen LogP contribution is 2.26. The van der Waals surface area contributed by atoms with Gasteiger partial charge in [-0.1, -0.05) is 30.7 Å². The van der Waals surface area contributed by atoms with Crippen molar-refractivity contribution >= 4 is 17.5 Å². The largest absolute Gasteiger partial charge is 0.460 e. The molecule has 2 heterocycles. The van der Waals surface area contributed by atoms with Crippen LogP contribution in [0.4, 0.5) is 0 Å². The number of aromatic nitrogens is 2. The van der Waals surface area contributed by atoms with Gasteiger partial charge in [0.2, 0.25) is 0 Å². The summed E-state index contributed by atoms with van der Waals surface area (Å²) in [6.07, 6.45) is 0.843. The van der Waals surface area contributed by atoms with E-state index in [-0.39, 0.29) is 11.9 Å². The van der Waals surface area contributed by atoms with Crippen LogP contribution >= 0.6 is 11.6 Å². The van der Waals surface area contributed by atoms with Crippen LogP contribution in [0, 0.1) is 6.92 Å². The lowest BCUT2D eigenvalue weighted by Crippen LogP contribution is -2.33. The Bertz CT molecular complexity index is 898. The molecular formula is C19H20ClN3O2. The number of carbonyl (C=O) groups excluding carboxylic acids is 1. The van der Waals surface area contributed by atoms with Crippen LogP contribution < -0.4 is 5.32 Å². The molecule has 0 aliphatic rings. The third kappa shape index (κ3) is 3.61. The van der Waals surface area contributed by atoms with E-state index in [9.17, 15) is 4.79 Å². The van der Waals surface area contributed by atoms with E-state index in [1.54, 1.807) is 16.8 Å². The first kappa shape index (κ1) is 17.3. The summed E-state index contributed by atoms with van der Waals surface area (Å²) in [4.78, 5) is 12.7. The van der Waals surface area contributed by atoms with E-state index >= 15 is 0 Å². The molecular weight excluding hydrogens is 338 g/mol. The number of hydrogen-bond acceptors (Lipinski definition) is 3. The van der Waals surface area contributed by atoms with Gasteiger partial charge in [0.05, 0.1) is 10.7 Å². The standard InChI is InChI=1S/C19H20ClN3O2/c1-4-12(2)21-19(24)17-11-15(18-10-9-13(3)25-18)22-23(17)16-8-6-5-7-14(16)20/h5-12H,4H2,1-3H3,(H,21,24)/t12-/m1/s1. The molecule has 0 radical (unpaired) electrons. The van der Waals surface area contributed by atoms with Gasteiger partial charge in [-0.05, 0) is 44.5 Å². The predicted molar refractivity (Wildman–Crippen MR) is 98.2 cm³/mol. The maximum atomic E-state index is 12.7. The molecule has 2 aromatic heterocycles. The van der Waals surface area contributed by atoms with Crippen molar-refractivity contribution in [1.82, 2.24) is 15.1 Å². The molecule has 0 saturated heterocycles. The van der Waals surface area contributed by atoms with Crippen LogP contribution in [-0.2, 0) is 0 Å². The second kappa shape index (κ2) is 7.15. The molecule has 3 aromatic rings. The Morgan fingerprint density at radius 2 is 2.08 bits per heavy atom. The van der Waals surface area contributed by atoms with Crippen LogP contribution in [0.2, 0.25) is 5.02 Å². The topological polar surface area (TPSA) is 60.1 Å². The van der Waals surface area contributed by atoms with Crippen molar-refractivity contribution in [3.05, 3.63) is 58.9 Å². The summed E-state index contributed by atoms with van der Waals surface area (Å²) in [6.45, 7) is 5.85. The summed E-state index contributed by atoms with van der Waals surface area (Å²) in [5, 5.41) is 8.05. The number of aryl methyl sites for hydroxylation is 1. The minimum atomic E-state index is -0.198. The lowest BCUT2D eigenvalue weighted by atomic mass is 10.2. The molecule has 6 heteroatoms. The van der Waals surface area contributed by atoms with E-state index in [4.69, 9.17) is 16.0 Å². The maximum absolute atomic E-state index is 12.7. The molecule has 0 saturated carbocycles. The molecule has 0 bridgehead atoms. The zero-order valence-corrected chi connectivity index (χ0v) is 15.2. The number of rotatable bonds is 5. The molecule has 1 N–H and O–H groups in total. The third-order valence-corrected chi connectivity index (χ3v) is 4.32. The molecule has 25 heavy (non-hydrogen) atoms. The lowest BCUT2D eigenvalue weighted by Gasteiger charge is -2.13. The van der Waals surface area contributed by atoms with Crippen LogP contribution in [0.25, 0.3) is 17.1 Å². The Kier molecular flexibility index (Phi) is 4.95. The number of halogens is 1. The smallest absolute Gasteiger partial charge is 0.270 e. The number of hydrogen-bond donors (Lipinski definition) is 1. The van der Waals surface area contributed by atoms with Crippen molar-refractivity contribution in [3.63, 3.8) is 0 Å². The fourth-order valence-electron chi connectivity index (χ4n) is 2.44. The molecule has 5 nitrogen and oxygen atoms in total. The number of carbonyl (C=O) groups is 1. The average Bonchev–Trinajstić information content (AvgIpc) is 3.21. The average molecular weight is 358 g/mol. The molecule has 0 aliphatic carbocycles. The van der Waals surface area contributed by atoms with Crippen molar-refractivity contribution in [1.29, 1.82) is 0 Å². The monoisotopic (exact) mass is 357 g/mol. The first-order valence-corrected chi connectivity index (χ1v) is 8.60. The van der Waals surface area contributed by atoms with Crippen LogP contribution in [0.15, 0.2) is 46.9 Å². The Balaban J connectivity index is 2.09. The second-order valence-corrected chi connectivity index (χ2v) is 6.38. The highest BCUT2D eigenvalue weighted by atomic mass is 35.5. The highest BCUT2D eigenvalue weighted by Gasteiger charge is 2.21. The number of amides is 1. The third-order valence-electron chi connectivity index (χ3n) is 4.01. The second-order valence-electron chi connectivity index (χ2n) is 5.97. The summed E-state index contributed by atoms with van der Waals surface area (Å²) in [7, 11) is 0. The molecule has 1 aromatic carbocycles. The fraction of sp³-hybridized carbons (Fsp3) is 0.263. The van der Waals surface area contributed by atoms with E-state index < -0.39 is 0 Å². The highest BCUT2D eigenvalue weighted by molar-refractivity contribution is 6.32. The van der Waals surface area contributed by atoms with Crippen molar-refractivity contribution < 1.29 is 9.21 Å². The lowest BCUT2D eigenvalue weighted by molar-refractivity contribution is 0.0931. The summed E-state index contributed by atoms with van der Waals surface area (Å²) >= 11 is 6.31. The van der Waals surface area contributed by atoms with E-state index in [1.807, 2.05) is 51.1 Å². The Morgan fingerprint density at radius 1 is 1.32 bits per heavy atom. The number of nitrogens with one attached hydrogen (secondary N) is 1. The molecule has 0 unspecified atom stereocenters. The Labute approximate surface area is 151 Å². The van der Waals surface area contributed by atoms with E-state index in [0.717, 1.165) is 12.2 Å². The first-order valence-electron chi connectivity index (χ1n) is 8.22. The van der Waals surface area contributed by atoms with Crippen LogP contribution in [0.5, 0.6) is 0 Å². The zero-order valence-electron chi connectivity index (χ0n) is 14.4. The quantitative estimate of drug-likeness (QED) is 0.724. The van der Waals surface area contributed by atoms with Gasteiger partial charge in [0, 0.05) is 12.1 Å². The van der Waals surface area contributed by atoms with E-state index in [0.29, 0.717) is 27.9 Å². The van der Waals surface area contributed by atoms with Crippen molar-refractivity contribution in [3.8, 4) is 17.1 Å². The molecule has 0 fully saturated rings. The van der Waals surface area contributed by atoms with Crippen molar-refractivity contribution in [2.75, 3.05) is 0 Å². The maximum Gasteiger partial charge on any atom is 0.270 e. The summed E-state index contributed by atoms with van der Waals surface area (Å²) in [5.41, 5.74) is 1.65. The van der Waals surface area contributed by atoms with Crippen molar-refractivity contribution in [2.24, 2.45) is 0 Å². The van der Waals surface area contributed by atoms with Gasteiger partial charge in [0.1, 0.15) is 17.1 Å². The van der Waals surface area contributed by atoms with Gasteiger partial charge in [-0.15, -0.1) is 0 Å². The minimum Gasteiger partial charge on any atom is -0.460 e. The molecule has 3 rings (SSSR count). The Morgan fingerprint density at radius 3 is 2.72 bits per heavy atom. The molecule has 1 amide bonds. The molecule has 130 valence electrons. The zero-order chi connectivity index (χ0) is 18.0.